The second-order valence-electron chi connectivity index (χ2n) is 11.1. The lowest BCUT2D eigenvalue weighted by Crippen LogP contribution is -2.46. The SMILES string of the molecule is NC(=O)c1ccc[n+]([C@@H]2O[C@H](COP(=O)(O)OCCc3cn(CCCCC(=O)NCc4cccc5ccccc45)nn3)[C@@H](O)[C@H]2O)c1. The zero-order valence-corrected chi connectivity index (χ0v) is 26.4. The molecule has 5 rings (SSSR count). The molecule has 250 valence electrons. The van der Waals surface area contributed by atoms with Crippen molar-refractivity contribution in [2.24, 2.45) is 5.73 Å². The molecule has 0 saturated carbocycles. The topological polar surface area (TPSA) is 212 Å². The monoisotopic (exact) mass is 669 g/mol. The quantitative estimate of drug-likeness (QED) is 0.0652. The molecular weight excluding hydrogens is 631 g/mol. The minimum absolute atomic E-state index is 0.0242. The smallest absolute Gasteiger partial charge is 0.387 e. The van der Waals surface area contributed by atoms with Crippen LogP contribution in [-0.2, 0) is 42.7 Å². The summed E-state index contributed by atoms with van der Waals surface area (Å²) in [7, 11) is -4.54. The van der Waals surface area contributed by atoms with Crippen molar-refractivity contribution < 1.29 is 47.6 Å². The van der Waals surface area contributed by atoms with Gasteiger partial charge in [-0.3, -0.25) is 23.3 Å². The molecule has 15 nitrogen and oxygen atoms in total. The summed E-state index contributed by atoms with van der Waals surface area (Å²) >= 11 is 0. The molecule has 1 saturated heterocycles. The molecule has 0 spiro atoms. The molecule has 1 aliphatic rings. The summed E-state index contributed by atoms with van der Waals surface area (Å²) in [5.74, 6) is -0.706. The minimum Gasteiger partial charge on any atom is -0.387 e. The van der Waals surface area contributed by atoms with Crippen LogP contribution in [0.2, 0.25) is 0 Å². The van der Waals surface area contributed by atoms with Crippen LogP contribution in [0.3, 0.4) is 0 Å². The third-order valence-electron chi connectivity index (χ3n) is 7.74. The number of carbonyl (C=O) groups is 2. The van der Waals surface area contributed by atoms with E-state index in [4.69, 9.17) is 19.5 Å². The van der Waals surface area contributed by atoms with E-state index in [9.17, 15) is 29.3 Å². The summed E-state index contributed by atoms with van der Waals surface area (Å²) in [6.07, 6.45) is 1.42. The number of rotatable bonds is 16. The Bertz CT molecular complexity index is 1730. The van der Waals surface area contributed by atoms with Gasteiger partial charge in [0.15, 0.2) is 18.5 Å². The van der Waals surface area contributed by atoms with Gasteiger partial charge in [-0.1, -0.05) is 47.7 Å². The number of pyridine rings is 1. The van der Waals surface area contributed by atoms with Crippen LogP contribution < -0.4 is 15.6 Å². The first kappa shape index (κ1) is 34.3. The van der Waals surface area contributed by atoms with Crippen LogP contribution in [0.15, 0.2) is 73.2 Å². The van der Waals surface area contributed by atoms with E-state index < -0.39 is 44.9 Å². The highest BCUT2D eigenvalue weighted by atomic mass is 31.2. The third-order valence-corrected chi connectivity index (χ3v) is 8.72. The minimum atomic E-state index is -4.54. The predicted molar refractivity (Wildman–Crippen MR) is 166 cm³/mol. The molecule has 1 unspecified atom stereocenters. The lowest BCUT2D eigenvalue weighted by molar-refractivity contribution is -0.765. The Morgan fingerprint density at radius 2 is 1.87 bits per heavy atom. The van der Waals surface area contributed by atoms with Gasteiger partial charge in [-0.15, -0.1) is 5.10 Å². The number of phosphoric acid groups is 1. The third kappa shape index (κ3) is 9.26. The van der Waals surface area contributed by atoms with Crippen LogP contribution in [0.5, 0.6) is 0 Å². The van der Waals surface area contributed by atoms with Crippen molar-refractivity contribution in [1.29, 1.82) is 0 Å². The van der Waals surface area contributed by atoms with Gasteiger partial charge in [-0.2, -0.15) is 4.57 Å². The first-order valence-corrected chi connectivity index (χ1v) is 16.7. The average Bonchev–Trinajstić information content (AvgIpc) is 3.64. The molecule has 2 amide bonds. The molecule has 47 heavy (non-hydrogen) atoms. The summed E-state index contributed by atoms with van der Waals surface area (Å²) in [5, 5.41) is 34.2. The normalized spacial score (nSPS) is 20.7. The van der Waals surface area contributed by atoms with E-state index in [1.807, 2.05) is 42.5 Å². The molecule has 1 aliphatic heterocycles. The highest BCUT2D eigenvalue weighted by Crippen LogP contribution is 2.44. The molecule has 1 fully saturated rings. The molecule has 0 bridgehead atoms. The van der Waals surface area contributed by atoms with Gasteiger partial charge in [0.25, 0.3) is 12.1 Å². The number of phosphoric ester groups is 1. The molecule has 4 aromatic rings. The molecule has 2 aromatic heterocycles. The van der Waals surface area contributed by atoms with E-state index >= 15 is 0 Å². The Hall–Kier alpha value is -4.08. The van der Waals surface area contributed by atoms with E-state index in [1.54, 1.807) is 10.9 Å². The van der Waals surface area contributed by atoms with E-state index in [1.165, 1.54) is 29.1 Å². The fourth-order valence-electron chi connectivity index (χ4n) is 5.23. The van der Waals surface area contributed by atoms with Gasteiger partial charge in [-0.25, -0.2) is 4.57 Å². The Balaban J connectivity index is 0.979. The largest absolute Gasteiger partial charge is 0.472 e. The molecule has 2 aromatic carbocycles. The number of nitrogens with zero attached hydrogens (tertiary/aromatic N) is 4. The number of unbranched alkanes of at least 4 members (excludes halogenated alkanes) is 1. The standard InChI is InChI=1S/C31H37N6O9P/c32-30(41)23-10-6-14-36(18-23)31-29(40)28(39)26(46-31)20-45-47(42,43)44-16-13-24-19-37(35-34-24)15-4-3-12-27(38)33-17-22-9-5-8-21-7-1-2-11-25(21)22/h1-2,5-11,14,18-19,26,28-29,31,39-40H,3-4,12-13,15-17,20H2,(H3-,32,33,38,41,42,43)/p+1/t26-,28-,29-,31-/m1/s1. The number of carbonyl (C=O) groups excluding carboxylic acids is 2. The van der Waals surface area contributed by atoms with Crippen LogP contribution in [0.1, 0.15) is 47.1 Å². The number of ether oxygens (including phenoxy) is 1. The number of aryl methyl sites for hydroxylation is 1. The van der Waals surface area contributed by atoms with Gasteiger partial charge >= 0.3 is 7.82 Å². The Labute approximate surface area is 270 Å². The maximum atomic E-state index is 12.4. The molecule has 3 heterocycles. The summed E-state index contributed by atoms with van der Waals surface area (Å²) in [6.45, 7) is 0.274. The number of hydrogen-bond donors (Lipinski definition) is 5. The van der Waals surface area contributed by atoms with Crippen molar-refractivity contribution in [3.63, 3.8) is 0 Å². The molecular formula is C31H38N6O9P+. The molecule has 5 atom stereocenters. The van der Waals surface area contributed by atoms with Gasteiger partial charge in [0, 0.05) is 38.2 Å². The van der Waals surface area contributed by atoms with E-state index in [0.717, 1.165) is 16.3 Å². The fraction of sp³-hybridized carbons (Fsp3) is 0.387. The number of nitrogens with one attached hydrogen (secondary N) is 1. The van der Waals surface area contributed by atoms with E-state index in [2.05, 4.69) is 15.6 Å². The van der Waals surface area contributed by atoms with Gasteiger partial charge < -0.3 is 30.9 Å². The second-order valence-corrected chi connectivity index (χ2v) is 12.6. The van der Waals surface area contributed by atoms with Crippen LogP contribution in [0, 0.1) is 0 Å². The number of aromatic nitrogens is 4. The van der Waals surface area contributed by atoms with Gasteiger partial charge in [0.1, 0.15) is 17.8 Å². The number of aliphatic hydroxyl groups is 2. The number of fused-ring (bicyclic) bond motifs is 1. The number of benzene rings is 2. The lowest BCUT2D eigenvalue weighted by atomic mass is 10.0. The number of hydrogen-bond acceptors (Lipinski definition) is 10. The highest BCUT2D eigenvalue weighted by molar-refractivity contribution is 7.47. The summed E-state index contributed by atoms with van der Waals surface area (Å²) in [4.78, 5) is 33.9. The summed E-state index contributed by atoms with van der Waals surface area (Å²) in [5.41, 5.74) is 7.06. The fourth-order valence-corrected chi connectivity index (χ4v) is 5.96. The van der Waals surface area contributed by atoms with Gasteiger partial charge in [0.05, 0.1) is 18.9 Å². The van der Waals surface area contributed by atoms with Crippen LogP contribution >= 0.6 is 7.82 Å². The highest BCUT2D eigenvalue weighted by Gasteiger charge is 2.49. The second kappa shape index (κ2) is 15.7. The Kier molecular flexibility index (Phi) is 11.4. The molecule has 16 heteroatoms. The van der Waals surface area contributed by atoms with Crippen molar-refractivity contribution in [3.8, 4) is 0 Å². The lowest BCUT2D eigenvalue weighted by Gasteiger charge is -2.16. The average molecular weight is 670 g/mol. The molecule has 6 N–H and O–H groups in total. The van der Waals surface area contributed by atoms with E-state index in [-0.39, 0.29) is 24.5 Å². The van der Waals surface area contributed by atoms with Gasteiger partial charge in [-0.05, 0) is 35.2 Å². The van der Waals surface area contributed by atoms with Gasteiger partial charge in [0.2, 0.25) is 5.91 Å². The van der Waals surface area contributed by atoms with Crippen LogP contribution in [-0.4, -0.2) is 73.4 Å². The number of primary amides is 1. The molecule has 0 radical (unpaired) electrons. The molecule has 0 aliphatic carbocycles. The van der Waals surface area contributed by atoms with Crippen LogP contribution in [0.25, 0.3) is 10.8 Å². The number of nitrogens with two attached hydrogens (primary N) is 1. The zero-order valence-electron chi connectivity index (χ0n) is 25.5. The maximum Gasteiger partial charge on any atom is 0.472 e. The van der Waals surface area contributed by atoms with Crippen molar-refractivity contribution in [1.82, 2.24) is 20.3 Å². The first-order valence-electron chi connectivity index (χ1n) is 15.2. The Morgan fingerprint density at radius 1 is 1.06 bits per heavy atom. The first-order chi connectivity index (χ1) is 22.6. The maximum absolute atomic E-state index is 12.4. The zero-order chi connectivity index (χ0) is 33.4. The van der Waals surface area contributed by atoms with Crippen molar-refractivity contribution in [2.75, 3.05) is 13.2 Å². The van der Waals surface area contributed by atoms with E-state index in [0.29, 0.717) is 38.0 Å². The Morgan fingerprint density at radius 3 is 2.70 bits per heavy atom. The van der Waals surface area contributed by atoms with Crippen LogP contribution in [0.4, 0.5) is 0 Å². The summed E-state index contributed by atoms with van der Waals surface area (Å²) < 4.78 is 31.1. The van der Waals surface area contributed by atoms with Crippen molar-refractivity contribution >= 4 is 30.4 Å². The van der Waals surface area contributed by atoms with Crippen molar-refractivity contribution in [2.45, 2.75) is 63.3 Å². The predicted octanol–water partition coefficient (Wildman–Crippen LogP) is 1.30. The summed E-state index contributed by atoms with van der Waals surface area (Å²) in [6, 6.07) is 17.1. The number of amides is 2. The van der Waals surface area contributed by atoms with Crippen molar-refractivity contribution in [3.05, 3.63) is 90.0 Å². The number of aliphatic hydroxyl groups excluding tert-OH is 2.